The molecule has 24 heavy (non-hydrogen) atoms. The van der Waals surface area contributed by atoms with Crippen molar-refractivity contribution in [3.8, 4) is 0 Å². The third kappa shape index (κ3) is 3.78. The molecule has 0 aliphatic heterocycles. The SMILES string of the molecule is Cc1c(/C(=C\N(C)C=O)c2cc([N+](=O)[O-])ccc2F)ccn1SI. The molecule has 0 fully saturated rings. The lowest BCUT2D eigenvalue weighted by Gasteiger charge is -2.13. The molecule has 0 radical (unpaired) electrons. The molecular formula is C15H13FIN3O3S. The molecular weight excluding hydrogens is 448 g/mol. The van der Waals surface area contributed by atoms with Crippen LogP contribution in [0.4, 0.5) is 10.1 Å². The van der Waals surface area contributed by atoms with E-state index in [1.54, 1.807) is 6.07 Å². The fourth-order valence-corrected chi connectivity index (χ4v) is 3.79. The zero-order valence-corrected chi connectivity index (χ0v) is 15.7. The second-order valence-electron chi connectivity index (χ2n) is 4.94. The van der Waals surface area contributed by atoms with Gasteiger partial charge in [0.15, 0.2) is 0 Å². The Labute approximate surface area is 154 Å². The first-order chi connectivity index (χ1) is 11.4. The second-order valence-corrected chi connectivity index (χ2v) is 6.66. The van der Waals surface area contributed by atoms with E-state index in [0.29, 0.717) is 17.5 Å². The van der Waals surface area contributed by atoms with Crippen LogP contribution in [0.25, 0.3) is 5.57 Å². The average molecular weight is 461 g/mol. The van der Waals surface area contributed by atoms with E-state index in [4.69, 9.17) is 0 Å². The summed E-state index contributed by atoms with van der Waals surface area (Å²) in [5.74, 6) is -0.597. The molecule has 2 aromatic rings. The predicted octanol–water partition coefficient (Wildman–Crippen LogP) is 4.17. The number of hydrogen-bond acceptors (Lipinski definition) is 4. The van der Waals surface area contributed by atoms with Gasteiger partial charge in [-0.05, 0) is 19.1 Å². The molecule has 0 unspecified atom stereocenters. The summed E-state index contributed by atoms with van der Waals surface area (Å²) in [4.78, 5) is 22.6. The molecule has 6 nitrogen and oxygen atoms in total. The zero-order chi connectivity index (χ0) is 17.9. The topological polar surface area (TPSA) is 68.4 Å². The minimum Gasteiger partial charge on any atom is -0.324 e. The van der Waals surface area contributed by atoms with Crippen LogP contribution in [-0.2, 0) is 4.79 Å². The predicted molar refractivity (Wildman–Crippen MR) is 100 cm³/mol. The van der Waals surface area contributed by atoms with E-state index < -0.39 is 10.7 Å². The van der Waals surface area contributed by atoms with Crippen molar-refractivity contribution in [2.24, 2.45) is 0 Å². The Morgan fingerprint density at radius 3 is 2.67 bits per heavy atom. The van der Waals surface area contributed by atoms with Crippen LogP contribution < -0.4 is 0 Å². The number of nitrogens with zero attached hydrogens (tertiary/aromatic N) is 3. The van der Waals surface area contributed by atoms with Gasteiger partial charge in [0, 0.05) is 84.3 Å². The van der Waals surface area contributed by atoms with Crippen molar-refractivity contribution in [1.82, 2.24) is 8.87 Å². The molecule has 0 saturated carbocycles. The maximum atomic E-state index is 14.4. The van der Waals surface area contributed by atoms with Crippen molar-refractivity contribution < 1.29 is 14.1 Å². The van der Waals surface area contributed by atoms with Gasteiger partial charge in [-0.25, -0.2) is 4.39 Å². The van der Waals surface area contributed by atoms with E-state index in [-0.39, 0.29) is 11.3 Å². The van der Waals surface area contributed by atoms with Gasteiger partial charge in [-0.2, -0.15) is 0 Å². The Balaban J connectivity index is 2.70. The average Bonchev–Trinajstić information content (AvgIpc) is 2.93. The summed E-state index contributed by atoms with van der Waals surface area (Å²) >= 11 is 2.11. The molecule has 126 valence electrons. The van der Waals surface area contributed by atoms with Crippen LogP contribution in [0.2, 0.25) is 0 Å². The minimum absolute atomic E-state index is 0.0669. The summed E-state index contributed by atoms with van der Waals surface area (Å²) in [6.45, 7) is 1.85. The van der Waals surface area contributed by atoms with Crippen LogP contribution >= 0.6 is 30.3 Å². The quantitative estimate of drug-likeness (QED) is 0.280. The normalized spacial score (nSPS) is 11.4. The van der Waals surface area contributed by atoms with Crippen LogP contribution in [0.5, 0.6) is 0 Å². The van der Waals surface area contributed by atoms with E-state index in [2.05, 4.69) is 21.2 Å². The van der Waals surface area contributed by atoms with Crippen molar-refractivity contribution in [3.05, 3.63) is 69.4 Å². The van der Waals surface area contributed by atoms with E-state index in [1.165, 1.54) is 33.3 Å². The number of non-ortho nitro benzene ring substituents is 1. The van der Waals surface area contributed by atoms with Crippen molar-refractivity contribution in [1.29, 1.82) is 0 Å². The first-order valence-electron chi connectivity index (χ1n) is 6.69. The number of carbonyl (C=O) groups excluding carboxylic acids is 1. The highest BCUT2D eigenvalue weighted by Crippen LogP contribution is 2.33. The summed E-state index contributed by atoms with van der Waals surface area (Å²) in [6, 6.07) is 5.12. The zero-order valence-electron chi connectivity index (χ0n) is 12.8. The smallest absolute Gasteiger partial charge is 0.270 e. The maximum Gasteiger partial charge on any atom is 0.270 e. The van der Waals surface area contributed by atoms with Gasteiger partial charge in [-0.15, -0.1) is 0 Å². The van der Waals surface area contributed by atoms with Gasteiger partial charge in [-0.1, -0.05) is 0 Å². The van der Waals surface area contributed by atoms with Crippen molar-refractivity contribution in [2.75, 3.05) is 7.05 Å². The number of amides is 1. The first kappa shape index (κ1) is 18.5. The molecule has 0 aliphatic carbocycles. The van der Waals surface area contributed by atoms with Gasteiger partial charge in [-0.3, -0.25) is 18.9 Å². The summed E-state index contributed by atoms with van der Waals surface area (Å²) in [6.07, 6.45) is 3.85. The van der Waals surface area contributed by atoms with Gasteiger partial charge < -0.3 is 4.90 Å². The van der Waals surface area contributed by atoms with Gasteiger partial charge in [0.2, 0.25) is 6.41 Å². The summed E-state index contributed by atoms with van der Waals surface area (Å²) in [5.41, 5.74) is 1.77. The van der Waals surface area contributed by atoms with Crippen LogP contribution in [-0.4, -0.2) is 27.3 Å². The van der Waals surface area contributed by atoms with Crippen LogP contribution in [0.15, 0.2) is 36.7 Å². The molecule has 0 saturated heterocycles. The third-order valence-corrected chi connectivity index (χ3v) is 5.23. The molecule has 0 aliphatic rings. The van der Waals surface area contributed by atoms with E-state index >= 15 is 0 Å². The highest BCUT2D eigenvalue weighted by Gasteiger charge is 2.19. The van der Waals surface area contributed by atoms with E-state index in [9.17, 15) is 19.3 Å². The molecule has 0 N–H and O–H groups in total. The standard InChI is InChI=1S/C15H13FIN3O3S/c1-10-12(5-6-19(10)24-17)14(8-18(2)9-21)13-7-11(20(22)23)3-4-15(13)16/h3-9H,1-2H3/b14-8+. The largest absolute Gasteiger partial charge is 0.324 e. The fourth-order valence-electron chi connectivity index (χ4n) is 2.20. The van der Waals surface area contributed by atoms with Crippen molar-refractivity contribution >= 4 is 48.0 Å². The van der Waals surface area contributed by atoms with E-state index in [1.807, 2.05) is 17.1 Å². The lowest BCUT2D eigenvalue weighted by molar-refractivity contribution is -0.384. The minimum atomic E-state index is -0.597. The Kier molecular flexibility index (Phi) is 5.99. The van der Waals surface area contributed by atoms with Crippen LogP contribution in [0, 0.1) is 22.9 Å². The molecule has 1 heterocycles. The molecule has 2 rings (SSSR count). The molecule has 1 amide bonds. The lowest BCUT2D eigenvalue weighted by atomic mass is 9.98. The van der Waals surface area contributed by atoms with Crippen molar-refractivity contribution in [2.45, 2.75) is 6.92 Å². The number of carbonyl (C=O) groups is 1. The Morgan fingerprint density at radius 2 is 2.12 bits per heavy atom. The molecule has 9 heteroatoms. The summed E-state index contributed by atoms with van der Waals surface area (Å²) in [7, 11) is 2.96. The van der Waals surface area contributed by atoms with E-state index in [0.717, 1.165) is 17.8 Å². The van der Waals surface area contributed by atoms with Crippen LogP contribution in [0.1, 0.15) is 16.8 Å². The summed E-state index contributed by atoms with van der Waals surface area (Å²) in [5, 5.41) is 11.0. The molecule has 0 atom stereocenters. The molecule has 0 spiro atoms. The number of benzene rings is 1. The number of hydrogen-bond donors (Lipinski definition) is 0. The van der Waals surface area contributed by atoms with Gasteiger partial charge in [0.05, 0.1) is 4.92 Å². The second kappa shape index (κ2) is 7.79. The highest BCUT2D eigenvalue weighted by atomic mass is 127. The number of aromatic nitrogens is 1. The number of nitro benzene ring substituents is 1. The number of nitro groups is 1. The molecule has 1 aromatic heterocycles. The lowest BCUT2D eigenvalue weighted by Crippen LogP contribution is -2.09. The Bertz CT molecular complexity index is 822. The highest BCUT2D eigenvalue weighted by molar-refractivity contribution is 14.2. The van der Waals surface area contributed by atoms with Crippen molar-refractivity contribution in [3.63, 3.8) is 0 Å². The first-order valence-corrected chi connectivity index (χ1v) is 10.0. The van der Waals surface area contributed by atoms with Crippen LogP contribution in [0.3, 0.4) is 0 Å². The molecule has 0 bridgehead atoms. The summed E-state index contributed by atoms with van der Waals surface area (Å²) < 4.78 is 16.2. The Morgan fingerprint density at radius 1 is 1.42 bits per heavy atom. The monoisotopic (exact) mass is 461 g/mol. The third-order valence-electron chi connectivity index (χ3n) is 3.41. The van der Waals surface area contributed by atoms with Gasteiger partial charge in [0.25, 0.3) is 5.69 Å². The van der Waals surface area contributed by atoms with Gasteiger partial charge in [0.1, 0.15) is 5.82 Å². The number of halogens is 2. The molecule has 1 aromatic carbocycles. The number of rotatable bonds is 6. The Hall–Kier alpha value is -1.88. The van der Waals surface area contributed by atoms with Gasteiger partial charge >= 0.3 is 0 Å². The fraction of sp³-hybridized carbons (Fsp3) is 0.133. The maximum absolute atomic E-state index is 14.4.